The van der Waals surface area contributed by atoms with Crippen LogP contribution in [0.25, 0.3) is 0 Å². The van der Waals surface area contributed by atoms with Crippen molar-refractivity contribution in [1.29, 1.82) is 0 Å². The van der Waals surface area contributed by atoms with Gasteiger partial charge in [0.05, 0.1) is 0 Å². The van der Waals surface area contributed by atoms with E-state index in [9.17, 15) is 4.79 Å². The van der Waals surface area contributed by atoms with Gasteiger partial charge in [0.25, 0.3) is 0 Å². The molecule has 0 spiro atoms. The zero-order valence-electron chi connectivity index (χ0n) is 13.8. The van der Waals surface area contributed by atoms with E-state index in [2.05, 4.69) is 22.0 Å². The number of amides is 1. The van der Waals surface area contributed by atoms with E-state index in [4.69, 9.17) is 0 Å². The molecule has 3 rings (SSSR count). The van der Waals surface area contributed by atoms with Gasteiger partial charge in [-0.3, -0.25) is 9.78 Å². The maximum absolute atomic E-state index is 12.7. The minimum Gasteiger partial charge on any atom is -0.342 e. The molecule has 0 bridgehead atoms. The van der Waals surface area contributed by atoms with Crippen LogP contribution >= 0.6 is 0 Å². The lowest BCUT2D eigenvalue weighted by Gasteiger charge is -2.36. The topological polar surface area (TPSA) is 33.2 Å². The Morgan fingerprint density at radius 1 is 1.18 bits per heavy atom. The van der Waals surface area contributed by atoms with E-state index in [1.54, 1.807) is 0 Å². The fraction of sp³-hybridized carbons (Fsp3) is 0.684. The predicted molar refractivity (Wildman–Crippen MR) is 88.6 cm³/mol. The van der Waals surface area contributed by atoms with Gasteiger partial charge < -0.3 is 4.90 Å². The Balaban J connectivity index is 1.56. The number of piperidine rings is 1. The van der Waals surface area contributed by atoms with Crippen molar-refractivity contribution in [3.63, 3.8) is 0 Å². The van der Waals surface area contributed by atoms with Crippen LogP contribution in [0.3, 0.4) is 0 Å². The Morgan fingerprint density at radius 3 is 2.73 bits per heavy atom. The average Bonchev–Trinajstić information content (AvgIpc) is 2.57. The Labute approximate surface area is 134 Å². The lowest BCUT2D eigenvalue weighted by molar-refractivity contribution is -0.138. The van der Waals surface area contributed by atoms with Gasteiger partial charge in [-0.05, 0) is 56.6 Å². The Bertz CT molecular complexity index is 491. The zero-order valence-corrected chi connectivity index (χ0v) is 13.8. The lowest BCUT2D eigenvalue weighted by atomic mass is 9.86. The van der Waals surface area contributed by atoms with E-state index >= 15 is 0 Å². The molecule has 22 heavy (non-hydrogen) atoms. The molecule has 0 aromatic carbocycles. The van der Waals surface area contributed by atoms with E-state index in [1.807, 2.05) is 13.1 Å². The number of nitrogens with zero attached hydrogens (tertiary/aromatic N) is 2. The number of carbonyl (C=O) groups is 1. The zero-order chi connectivity index (χ0) is 15.4. The van der Waals surface area contributed by atoms with Crippen LogP contribution in [0, 0.1) is 18.8 Å². The number of hydrogen-bond donors (Lipinski definition) is 0. The number of rotatable bonds is 3. The molecule has 2 heterocycles. The summed E-state index contributed by atoms with van der Waals surface area (Å²) in [5, 5.41) is 0. The number of aromatic nitrogens is 1. The molecule has 3 nitrogen and oxygen atoms in total. The van der Waals surface area contributed by atoms with Crippen molar-refractivity contribution in [3.05, 3.63) is 29.6 Å². The third-order valence-corrected chi connectivity index (χ3v) is 5.28. The van der Waals surface area contributed by atoms with Gasteiger partial charge in [0, 0.05) is 30.9 Å². The first kappa shape index (κ1) is 15.5. The third kappa shape index (κ3) is 3.88. The highest BCUT2D eigenvalue weighted by Crippen LogP contribution is 2.28. The van der Waals surface area contributed by atoms with Gasteiger partial charge in [-0.1, -0.05) is 25.3 Å². The molecule has 1 aliphatic heterocycles. The Hall–Kier alpha value is -1.38. The van der Waals surface area contributed by atoms with Gasteiger partial charge in [-0.2, -0.15) is 0 Å². The smallest absolute Gasteiger partial charge is 0.225 e. The van der Waals surface area contributed by atoms with E-state index in [0.29, 0.717) is 17.7 Å². The minimum absolute atomic E-state index is 0.313. The minimum atomic E-state index is 0.313. The quantitative estimate of drug-likeness (QED) is 0.851. The van der Waals surface area contributed by atoms with E-state index in [-0.39, 0.29) is 0 Å². The molecule has 120 valence electrons. The molecule has 0 radical (unpaired) electrons. The van der Waals surface area contributed by atoms with Crippen LogP contribution in [0.1, 0.15) is 56.2 Å². The molecule has 1 atom stereocenters. The van der Waals surface area contributed by atoms with Crippen molar-refractivity contribution >= 4 is 5.91 Å². The van der Waals surface area contributed by atoms with Crippen LogP contribution in [-0.4, -0.2) is 28.9 Å². The summed E-state index contributed by atoms with van der Waals surface area (Å²) in [5.41, 5.74) is 2.38. The maximum Gasteiger partial charge on any atom is 0.225 e. The molecular formula is C19H28N2O. The van der Waals surface area contributed by atoms with Crippen molar-refractivity contribution in [3.8, 4) is 0 Å². The average molecular weight is 300 g/mol. The summed E-state index contributed by atoms with van der Waals surface area (Å²) < 4.78 is 0. The third-order valence-electron chi connectivity index (χ3n) is 5.28. The lowest BCUT2D eigenvalue weighted by Crippen LogP contribution is -2.43. The molecule has 2 fully saturated rings. The number of likely N-dealkylation sites (tertiary alicyclic amines) is 1. The molecular weight excluding hydrogens is 272 g/mol. The van der Waals surface area contributed by atoms with Crippen LogP contribution in [-0.2, 0) is 11.2 Å². The number of carbonyl (C=O) groups excluding carboxylic acids is 1. The first-order valence-electron chi connectivity index (χ1n) is 8.92. The number of pyridine rings is 1. The number of hydrogen-bond acceptors (Lipinski definition) is 2. The normalized spacial score (nSPS) is 23.5. The van der Waals surface area contributed by atoms with Gasteiger partial charge in [-0.15, -0.1) is 0 Å². The molecule has 2 aliphatic rings. The van der Waals surface area contributed by atoms with Crippen molar-refractivity contribution in [2.75, 3.05) is 13.1 Å². The second-order valence-electron chi connectivity index (χ2n) is 7.14. The fourth-order valence-corrected chi connectivity index (χ4v) is 3.99. The van der Waals surface area contributed by atoms with E-state index in [0.717, 1.165) is 44.5 Å². The van der Waals surface area contributed by atoms with Gasteiger partial charge in [-0.25, -0.2) is 0 Å². The largest absolute Gasteiger partial charge is 0.342 e. The van der Waals surface area contributed by atoms with Crippen LogP contribution < -0.4 is 0 Å². The van der Waals surface area contributed by atoms with Crippen molar-refractivity contribution < 1.29 is 4.79 Å². The van der Waals surface area contributed by atoms with Crippen LogP contribution in [0.5, 0.6) is 0 Å². The van der Waals surface area contributed by atoms with Gasteiger partial charge >= 0.3 is 0 Å². The first-order valence-corrected chi connectivity index (χ1v) is 8.92. The molecule has 1 aliphatic carbocycles. The van der Waals surface area contributed by atoms with Crippen LogP contribution in [0.15, 0.2) is 18.3 Å². The molecule has 1 saturated carbocycles. The van der Waals surface area contributed by atoms with Crippen molar-refractivity contribution in [2.24, 2.45) is 11.8 Å². The summed E-state index contributed by atoms with van der Waals surface area (Å²) in [6.45, 7) is 3.94. The van der Waals surface area contributed by atoms with Crippen molar-refractivity contribution in [2.45, 2.75) is 58.3 Å². The highest BCUT2D eigenvalue weighted by atomic mass is 16.2. The molecule has 0 N–H and O–H groups in total. The second-order valence-corrected chi connectivity index (χ2v) is 7.14. The van der Waals surface area contributed by atoms with Crippen LogP contribution in [0.4, 0.5) is 0 Å². The Morgan fingerprint density at radius 2 is 2.00 bits per heavy atom. The molecule has 1 aromatic heterocycles. The standard InChI is InChI=1S/C19H28N2O/c1-15-9-10-16(13-20-15)12-17-6-5-11-21(14-17)19(22)18-7-3-2-4-8-18/h9-10,13,17-18H,2-8,11-12,14H2,1H3/t17-/m1/s1. The highest BCUT2D eigenvalue weighted by Gasteiger charge is 2.29. The summed E-state index contributed by atoms with van der Waals surface area (Å²) >= 11 is 0. The Kier molecular flexibility index (Phi) is 5.12. The predicted octanol–water partition coefficient (Wildman–Crippen LogP) is 3.75. The van der Waals surface area contributed by atoms with Crippen LogP contribution in [0.2, 0.25) is 0 Å². The molecule has 0 unspecified atom stereocenters. The van der Waals surface area contributed by atoms with E-state index < -0.39 is 0 Å². The van der Waals surface area contributed by atoms with Gasteiger partial charge in [0.1, 0.15) is 0 Å². The molecule has 1 amide bonds. The fourth-order valence-electron chi connectivity index (χ4n) is 3.99. The summed E-state index contributed by atoms with van der Waals surface area (Å²) in [6.07, 6.45) is 11.5. The monoisotopic (exact) mass is 300 g/mol. The maximum atomic E-state index is 12.7. The summed E-state index contributed by atoms with van der Waals surface area (Å²) in [5.74, 6) is 1.35. The number of aryl methyl sites for hydroxylation is 1. The van der Waals surface area contributed by atoms with Gasteiger partial charge in [0.2, 0.25) is 5.91 Å². The van der Waals surface area contributed by atoms with E-state index in [1.165, 1.54) is 31.2 Å². The SMILES string of the molecule is Cc1ccc(C[C@H]2CCCN(C(=O)C3CCCCC3)C2)cn1. The summed E-state index contributed by atoms with van der Waals surface area (Å²) in [7, 11) is 0. The highest BCUT2D eigenvalue weighted by molar-refractivity contribution is 5.79. The second kappa shape index (κ2) is 7.26. The van der Waals surface area contributed by atoms with Gasteiger partial charge in [0.15, 0.2) is 0 Å². The molecule has 1 aromatic rings. The first-order chi connectivity index (χ1) is 10.7. The molecule has 1 saturated heterocycles. The summed E-state index contributed by atoms with van der Waals surface area (Å²) in [6, 6.07) is 4.27. The van der Waals surface area contributed by atoms with Crippen molar-refractivity contribution in [1.82, 2.24) is 9.88 Å². The molecule has 3 heteroatoms. The summed E-state index contributed by atoms with van der Waals surface area (Å²) in [4.78, 5) is 19.3.